The molecule has 0 saturated carbocycles. The second kappa shape index (κ2) is 7.04. The molecule has 138 valence electrons. The zero-order valence-corrected chi connectivity index (χ0v) is 14.0. The lowest BCUT2D eigenvalue weighted by Gasteiger charge is -2.32. The van der Waals surface area contributed by atoms with Gasteiger partial charge in [0.05, 0.1) is 24.5 Å². The van der Waals surface area contributed by atoms with Crippen molar-refractivity contribution in [2.45, 2.75) is 24.9 Å². The molecule has 3 rings (SSSR count). The molecule has 2 amide bonds. The largest absolute Gasteiger partial charge is 0.339 e. The Labute approximate surface area is 144 Å². The zero-order valence-electron chi connectivity index (χ0n) is 14.0. The van der Waals surface area contributed by atoms with Crippen LogP contribution in [-0.2, 0) is 16.1 Å². The van der Waals surface area contributed by atoms with Crippen LogP contribution in [0.2, 0.25) is 0 Å². The summed E-state index contributed by atoms with van der Waals surface area (Å²) in [5, 5.41) is 9.10. The summed E-state index contributed by atoms with van der Waals surface area (Å²) in [5.41, 5.74) is 0.383. The molecule has 2 aliphatic heterocycles. The van der Waals surface area contributed by atoms with Crippen LogP contribution < -0.4 is 10.6 Å². The minimum absolute atomic E-state index is 0.0359. The molecule has 0 spiro atoms. The van der Waals surface area contributed by atoms with E-state index in [1.165, 1.54) is 17.1 Å². The first-order chi connectivity index (χ1) is 11.8. The molecule has 2 fully saturated rings. The van der Waals surface area contributed by atoms with Crippen molar-refractivity contribution in [3.05, 3.63) is 12.4 Å². The zero-order chi connectivity index (χ0) is 18.0. The first kappa shape index (κ1) is 17.7. The van der Waals surface area contributed by atoms with Gasteiger partial charge in [-0.1, -0.05) is 0 Å². The number of carbonyl (C=O) groups is 2. The molecule has 3 heterocycles. The molecule has 2 aliphatic rings. The van der Waals surface area contributed by atoms with E-state index >= 15 is 0 Å². The van der Waals surface area contributed by atoms with E-state index in [0.717, 1.165) is 13.1 Å². The molecule has 0 aromatic carbocycles. The van der Waals surface area contributed by atoms with Crippen molar-refractivity contribution >= 4 is 17.5 Å². The van der Waals surface area contributed by atoms with E-state index in [1.807, 2.05) is 7.05 Å². The Kier molecular flexibility index (Phi) is 5.00. The highest BCUT2D eigenvalue weighted by Gasteiger charge is 2.42. The Morgan fingerprint density at radius 3 is 2.72 bits per heavy atom. The number of halogens is 2. The van der Waals surface area contributed by atoms with Crippen molar-refractivity contribution in [3.63, 3.8) is 0 Å². The molecule has 2 saturated heterocycles. The Bertz CT molecular complexity index is 642. The number of likely N-dealkylation sites (N-methyl/N-ethyl adjacent to an activating group) is 1. The number of anilines is 1. The second-order valence-electron chi connectivity index (χ2n) is 6.59. The van der Waals surface area contributed by atoms with Gasteiger partial charge >= 0.3 is 0 Å². The van der Waals surface area contributed by atoms with Crippen LogP contribution in [-0.4, -0.2) is 83.1 Å². The minimum Gasteiger partial charge on any atom is -0.339 e. The number of hydrogen-bond donors (Lipinski definition) is 2. The predicted molar refractivity (Wildman–Crippen MR) is 86.3 cm³/mol. The van der Waals surface area contributed by atoms with Crippen molar-refractivity contribution in [1.82, 2.24) is 24.9 Å². The summed E-state index contributed by atoms with van der Waals surface area (Å²) in [6.45, 7) is 2.63. The van der Waals surface area contributed by atoms with Crippen molar-refractivity contribution in [1.29, 1.82) is 0 Å². The highest BCUT2D eigenvalue weighted by Crippen LogP contribution is 2.25. The summed E-state index contributed by atoms with van der Waals surface area (Å²) in [6.07, 6.45) is 2.41. The van der Waals surface area contributed by atoms with E-state index < -0.39 is 30.8 Å². The number of piperazine rings is 1. The molecular formula is C15H22F2N6O2. The third-order valence-corrected chi connectivity index (χ3v) is 4.48. The van der Waals surface area contributed by atoms with Gasteiger partial charge in [-0.15, -0.1) is 0 Å². The summed E-state index contributed by atoms with van der Waals surface area (Å²) >= 11 is 0. The Morgan fingerprint density at radius 2 is 2.08 bits per heavy atom. The van der Waals surface area contributed by atoms with Crippen LogP contribution in [0.1, 0.15) is 6.42 Å². The SMILES string of the molecule is CN1CCN(C(=O)Cn2cc(NC(=O)C3CC(F)(F)CN3)cn2)CC1. The molecule has 0 radical (unpaired) electrons. The van der Waals surface area contributed by atoms with E-state index in [4.69, 9.17) is 0 Å². The highest BCUT2D eigenvalue weighted by atomic mass is 19.3. The van der Waals surface area contributed by atoms with Crippen LogP contribution in [0.15, 0.2) is 12.4 Å². The number of amides is 2. The average molecular weight is 356 g/mol. The van der Waals surface area contributed by atoms with Crippen LogP contribution >= 0.6 is 0 Å². The molecule has 8 nitrogen and oxygen atoms in total. The highest BCUT2D eigenvalue weighted by molar-refractivity contribution is 5.95. The lowest BCUT2D eigenvalue weighted by atomic mass is 10.2. The number of alkyl halides is 2. The number of hydrogen-bond acceptors (Lipinski definition) is 5. The molecule has 1 unspecified atom stereocenters. The fourth-order valence-electron chi connectivity index (χ4n) is 2.94. The predicted octanol–water partition coefficient (Wildman–Crippen LogP) is -0.407. The maximum atomic E-state index is 13.1. The lowest BCUT2D eigenvalue weighted by Crippen LogP contribution is -2.48. The van der Waals surface area contributed by atoms with Gasteiger partial charge in [-0.2, -0.15) is 5.10 Å². The molecular weight excluding hydrogens is 334 g/mol. The minimum atomic E-state index is -2.86. The monoisotopic (exact) mass is 356 g/mol. The quantitative estimate of drug-likeness (QED) is 0.767. The number of nitrogens with zero attached hydrogens (tertiary/aromatic N) is 4. The van der Waals surface area contributed by atoms with Gasteiger partial charge in [0.2, 0.25) is 11.8 Å². The van der Waals surface area contributed by atoms with E-state index in [1.54, 1.807) is 4.90 Å². The summed E-state index contributed by atoms with van der Waals surface area (Å²) in [6, 6.07) is -0.926. The van der Waals surface area contributed by atoms with Crippen molar-refractivity contribution in [2.75, 3.05) is 45.1 Å². The summed E-state index contributed by atoms with van der Waals surface area (Å²) in [7, 11) is 2.01. The lowest BCUT2D eigenvalue weighted by molar-refractivity contribution is -0.133. The number of carbonyl (C=O) groups excluding carboxylic acids is 2. The van der Waals surface area contributed by atoms with E-state index in [0.29, 0.717) is 18.8 Å². The molecule has 1 aromatic rings. The van der Waals surface area contributed by atoms with Crippen molar-refractivity contribution < 1.29 is 18.4 Å². The maximum absolute atomic E-state index is 13.1. The van der Waals surface area contributed by atoms with Gasteiger partial charge in [0.15, 0.2) is 0 Å². The standard InChI is InChI=1S/C15H22F2N6O2/c1-21-2-4-22(5-3-21)13(24)9-23-8-11(7-19-23)20-14(25)12-6-15(16,17)10-18-12/h7-8,12,18H,2-6,9-10H2,1H3,(H,20,25). The van der Waals surface area contributed by atoms with Crippen molar-refractivity contribution in [3.8, 4) is 0 Å². The van der Waals surface area contributed by atoms with Crippen LogP contribution in [0, 0.1) is 0 Å². The van der Waals surface area contributed by atoms with E-state index in [2.05, 4.69) is 20.6 Å². The summed E-state index contributed by atoms with van der Waals surface area (Å²) in [4.78, 5) is 28.2. The van der Waals surface area contributed by atoms with E-state index in [9.17, 15) is 18.4 Å². The Hall–Kier alpha value is -2.07. The Morgan fingerprint density at radius 1 is 1.36 bits per heavy atom. The number of aromatic nitrogens is 2. The summed E-state index contributed by atoms with van der Waals surface area (Å²) < 4.78 is 27.7. The van der Waals surface area contributed by atoms with Gasteiger partial charge < -0.3 is 15.1 Å². The molecule has 0 aliphatic carbocycles. The molecule has 1 atom stereocenters. The van der Waals surface area contributed by atoms with Gasteiger partial charge in [-0.05, 0) is 7.05 Å². The van der Waals surface area contributed by atoms with Gasteiger partial charge in [-0.3, -0.25) is 19.6 Å². The molecule has 25 heavy (non-hydrogen) atoms. The van der Waals surface area contributed by atoms with Crippen molar-refractivity contribution in [2.24, 2.45) is 0 Å². The first-order valence-corrected chi connectivity index (χ1v) is 8.23. The van der Waals surface area contributed by atoms with Crippen LogP contribution in [0.25, 0.3) is 0 Å². The van der Waals surface area contributed by atoms with Crippen LogP contribution in [0.3, 0.4) is 0 Å². The van der Waals surface area contributed by atoms with Crippen LogP contribution in [0.4, 0.5) is 14.5 Å². The smallest absolute Gasteiger partial charge is 0.262 e. The van der Waals surface area contributed by atoms with Gasteiger partial charge in [-0.25, -0.2) is 8.78 Å². The Balaban J connectivity index is 1.50. The third-order valence-electron chi connectivity index (χ3n) is 4.48. The van der Waals surface area contributed by atoms with Crippen LogP contribution in [0.5, 0.6) is 0 Å². The number of nitrogens with one attached hydrogen (secondary N) is 2. The van der Waals surface area contributed by atoms with Gasteiger partial charge in [0.25, 0.3) is 5.92 Å². The summed E-state index contributed by atoms with van der Waals surface area (Å²) in [5.74, 6) is -3.42. The molecule has 0 bridgehead atoms. The molecule has 10 heteroatoms. The third kappa shape index (κ3) is 4.51. The fraction of sp³-hybridized carbons (Fsp3) is 0.667. The molecule has 2 N–H and O–H groups in total. The van der Waals surface area contributed by atoms with E-state index in [-0.39, 0.29) is 12.5 Å². The maximum Gasteiger partial charge on any atom is 0.262 e. The normalized spacial score (nSPS) is 23.6. The van der Waals surface area contributed by atoms with Gasteiger partial charge in [0.1, 0.15) is 6.54 Å². The molecule has 1 aromatic heterocycles. The topological polar surface area (TPSA) is 82.5 Å². The second-order valence-corrected chi connectivity index (χ2v) is 6.59. The fourth-order valence-corrected chi connectivity index (χ4v) is 2.94. The first-order valence-electron chi connectivity index (χ1n) is 8.23. The average Bonchev–Trinajstić information content (AvgIpc) is 3.14. The number of rotatable bonds is 4. The van der Waals surface area contributed by atoms with Gasteiger partial charge in [0, 0.05) is 38.8 Å².